The molecule has 0 aromatic heterocycles. The third kappa shape index (κ3) is 8.66. The Balaban J connectivity index is 1.34. The molecule has 6 rings (SSSR count). The van der Waals surface area contributed by atoms with Gasteiger partial charge in [0.05, 0.1) is 19.3 Å². The summed E-state index contributed by atoms with van der Waals surface area (Å²) in [7, 11) is 4.37. The highest BCUT2D eigenvalue weighted by Gasteiger charge is 2.57. The number of amides is 1. The number of carbonyl (C=O) groups is 1. The van der Waals surface area contributed by atoms with Crippen molar-refractivity contribution >= 4 is 5.91 Å². The lowest BCUT2D eigenvalue weighted by Gasteiger charge is -2.62. The predicted molar refractivity (Wildman–Crippen MR) is 193 cm³/mol. The van der Waals surface area contributed by atoms with Crippen molar-refractivity contribution in [2.24, 2.45) is 40.4 Å². The molecule has 1 aromatic rings. The Kier molecular flexibility index (Phi) is 12.1. The number of hydrogen-bond acceptors (Lipinski definition) is 7. The Labute approximate surface area is 291 Å². The minimum atomic E-state index is -0.800. The van der Waals surface area contributed by atoms with E-state index in [1.165, 1.54) is 37.7 Å². The zero-order valence-corrected chi connectivity index (χ0v) is 31.6. The molecule has 0 unspecified atom stereocenters. The van der Waals surface area contributed by atoms with E-state index in [2.05, 4.69) is 95.0 Å². The van der Waals surface area contributed by atoms with Crippen molar-refractivity contribution in [3.63, 3.8) is 0 Å². The second-order valence-electron chi connectivity index (χ2n) is 18.3. The normalized spacial score (nSPS) is 32.1. The smallest absolute Gasteiger partial charge is 0.240 e. The van der Waals surface area contributed by atoms with Crippen molar-refractivity contribution in [2.75, 3.05) is 33.8 Å². The lowest BCUT2D eigenvalue weighted by Crippen LogP contribution is -2.62. The van der Waals surface area contributed by atoms with E-state index in [4.69, 9.17) is 4.84 Å². The molecule has 1 aromatic carbocycles. The highest BCUT2D eigenvalue weighted by Crippen LogP contribution is 2.61. The van der Waals surface area contributed by atoms with Gasteiger partial charge in [0.2, 0.25) is 5.91 Å². The summed E-state index contributed by atoms with van der Waals surface area (Å²) < 4.78 is 0. The van der Waals surface area contributed by atoms with Gasteiger partial charge >= 0.3 is 0 Å². The molecular formula is C40H68N4O4. The summed E-state index contributed by atoms with van der Waals surface area (Å²) in [5.41, 5.74) is 2.91. The van der Waals surface area contributed by atoms with Gasteiger partial charge in [-0.05, 0) is 98.8 Å². The summed E-state index contributed by atoms with van der Waals surface area (Å²) in [4.78, 5) is 25.5. The maximum atomic E-state index is 14.1. The molecular weight excluding hydrogens is 600 g/mol. The van der Waals surface area contributed by atoms with Crippen LogP contribution >= 0.6 is 0 Å². The molecule has 9 atom stereocenters. The monoisotopic (exact) mass is 669 g/mol. The number of benzene rings is 1. The van der Waals surface area contributed by atoms with Gasteiger partial charge in [0.1, 0.15) is 12.1 Å². The number of rotatable bonds is 14. The van der Waals surface area contributed by atoms with Gasteiger partial charge < -0.3 is 20.4 Å². The van der Waals surface area contributed by atoms with Crippen molar-refractivity contribution in [3.05, 3.63) is 35.4 Å². The first kappa shape index (κ1) is 37.7. The minimum Gasteiger partial charge on any atom is -0.394 e. The minimum absolute atomic E-state index is 0.0968. The van der Waals surface area contributed by atoms with Gasteiger partial charge in [-0.25, -0.2) is 0 Å². The first-order valence-corrected chi connectivity index (χ1v) is 19.1. The van der Waals surface area contributed by atoms with E-state index in [1.807, 2.05) is 0 Å². The van der Waals surface area contributed by atoms with Crippen molar-refractivity contribution < 1.29 is 19.8 Å². The van der Waals surface area contributed by atoms with Crippen molar-refractivity contribution in [3.8, 4) is 0 Å². The van der Waals surface area contributed by atoms with Crippen LogP contribution in [0.4, 0.5) is 0 Å². The van der Waals surface area contributed by atoms with Crippen LogP contribution in [0, 0.1) is 40.4 Å². The predicted octanol–water partition coefficient (Wildman–Crippen LogP) is 5.71. The zero-order chi connectivity index (χ0) is 35.0. The number of hydroxylamine groups is 2. The molecule has 48 heavy (non-hydrogen) atoms. The van der Waals surface area contributed by atoms with Crippen LogP contribution in [0.15, 0.2) is 24.3 Å². The van der Waals surface area contributed by atoms with E-state index in [0.29, 0.717) is 35.8 Å². The van der Waals surface area contributed by atoms with Crippen molar-refractivity contribution in [1.82, 2.24) is 20.2 Å². The number of aliphatic hydroxyl groups excluding tert-OH is 2. The maximum Gasteiger partial charge on any atom is 0.240 e. The molecule has 5 aliphatic rings. The van der Waals surface area contributed by atoms with Crippen LogP contribution in [-0.4, -0.2) is 95.1 Å². The molecule has 0 radical (unpaired) electrons. The SMILES string of the molecule is C[C@@H]1[C@@H](NC(=O)[C@@H]2[C@H]([C@H](C)O)[C@H](CO)ON2Cc2cccc(CN(CC3CCCC3)[C@H](CN(C)C)CC(C)(C)C)c2)C[C@@H]2C[C@H]1C2(C)C. The fourth-order valence-electron chi connectivity index (χ4n) is 10.0. The van der Waals surface area contributed by atoms with Gasteiger partial charge in [-0.2, -0.15) is 5.06 Å². The molecule has 0 spiro atoms. The summed E-state index contributed by atoms with van der Waals surface area (Å²) in [6, 6.07) is 8.63. The molecule has 5 fully saturated rings. The lowest BCUT2D eigenvalue weighted by atomic mass is 9.45. The molecule has 4 aliphatic carbocycles. The van der Waals surface area contributed by atoms with Crippen LogP contribution in [-0.2, 0) is 22.7 Å². The fourth-order valence-corrected chi connectivity index (χ4v) is 10.0. The number of hydrogen-bond donors (Lipinski definition) is 3. The Bertz CT molecular complexity index is 1210. The number of aliphatic hydroxyl groups is 2. The number of fused-ring (bicyclic) bond motifs is 2. The molecule has 1 aliphatic heterocycles. The van der Waals surface area contributed by atoms with Gasteiger partial charge in [0, 0.05) is 37.6 Å². The molecule has 1 heterocycles. The highest BCUT2D eigenvalue weighted by atomic mass is 16.7. The Hall–Kier alpha value is -1.55. The van der Waals surface area contributed by atoms with Gasteiger partial charge in [-0.3, -0.25) is 14.5 Å². The average molecular weight is 669 g/mol. The summed E-state index contributed by atoms with van der Waals surface area (Å²) in [6.45, 7) is 19.0. The second-order valence-corrected chi connectivity index (χ2v) is 18.3. The molecule has 272 valence electrons. The average Bonchev–Trinajstić information content (AvgIpc) is 3.64. The van der Waals surface area contributed by atoms with E-state index in [9.17, 15) is 15.0 Å². The highest BCUT2D eigenvalue weighted by molar-refractivity contribution is 5.82. The molecule has 3 N–H and O–H groups in total. The van der Waals surface area contributed by atoms with E-state index in [0.717, 1.165) is 44.0 Å². The van der Waals surface area contributed by atoms with Crippen LogP contribution in [0.5, 0.6) is 0 Å². The maximum absolute atomic E-state index is 14.1. The molecule has 8 nitrogen and oxygen atoms in total. The van der Waals surface area contributed by atoms with Gasteiger partial charge in [-0.15, -0.1) is 0 Å². The molecule has 1 saturated heterocycles. The first-order valence-electron chi connectivity index (χ1n) is 19.1. The van der Waals surface area contributed by atoms with Gasteiger partial charge in [0.15, 0.2) is 0 Å². The van der Waals surface area contributed by atoms with Crippen LogP contribution in [0.2, 0.25) is 0 Å². The number of carbonyl (C=O) groups excluding carboxylic acids is 1. The van der Waals surface area contributed by atoms with Crippen LogP contribution < -0.4 is 5.32 Å². The Morgan fingerprint density at radius 2 is 1.83 bits per heavy atom. The molecule has 1 amide bonds. The summed E-state index contributed by atoms with van der Waals surface area (Å²) in [6.07, 6.45) is 7.29. The van der Waals surface area contributed by atoms with E-state index >= 15 is 0 Å². The zero-order valence-electron chi connectivity index (χ0n) is 31.6. The summed E-state index contributed by atoms with van der Waals surface area (Å²) in [5.74, 6) is 1.80. The van der Waals surface area contributed by atoms with Crippen LogP contribution in [0.3, 0.4) is 0 Å². The lowest BCUT2D eigenvalue weighted by molar-refractivity contribution is -0.183. The van der Waals surface area contributed by atoms with Crippen molar-refractivity contribution in [2.45, 2.75) is 137 Å². The van der Waals surface area contributed by atoms with E-state index < -0.39 is 24.2 Å². The largest absolute Gasteiger partial charge is 0.394 e. The molecule has 8 heteroatoms. The number of likely N-dealkylation sites (N-methyl/N-ethyl adjacent to an activating group) is 1. The topological polar surface area (TPSA) is 88.5 Å². The molecule has 4 saturated carbocycles. The van der Waals surface area contributed by atoms with E-state index in [1.54, 1.807) is 12.0 Å². The Morgan fingerprint density at radius 3 is 2.42 bits per heavy atom. The van der Waals surface area contributed by atoms with Gasteiger partial charge in [0.25, 0.3) is 0 Å². The third-order valence-corrected chi connectivity index (χ3v) is 12.7. The fraction of sp³-hybridized carbons (Fsp3) is 0.825. The summed E-state index contributed by atoms with van der Waals surface area (Å²) in [5, 5.41) is 26.3. The number of nitrogens with zero attached hydrogens (tertiary/aromatic N) is 3. The first-order chi connectivity index (χ1) is 22.6. The summed E-state index contributed by atoms with van der Waals surface area (Å²) >= 11 is 0. The van der Waals surface area contributed by atoms with Gasteiger partial charge in [-0.1, -0.05) is 78.6 Å². The second kappa shape index (κ2) is 15.4. The quantitative estimate of drug-likeness (QED) is 0.234. The number of nitrogens with one attached hydrogen (secondary N) is 1. The van der Waals surface area contributed by atoms with Crippen LogP contribution in [0.1, 0.15) is 105 Å². The molecule has 2 bridgehead atoms. The van der Waals surface area contributed by atoms with Crippen LogP contribution in [0.25, 0.3) is 0 Å². The van der Waals surface area contributed by atoms with Crippen molar-refractivity contribution in [1.29, 1.82) is 0 Å². The standard InChI is InChI=1S/C40H68N4O4/c1-26-33-18-31(40(33,6)7)19-34(26)41-38(47)37-36(27(2)46)35(25-45)48-44(37)23-30-16-12-15-29(17-30)22-43(21-28-13-10-11-14-28)32(24-42(8)9)20-39(3,4)5/h12,15-17,26-28,31-37,45-46H,10-11,13-14,18-25H2,1-9H3,(H,41,47)/t26-,27-,31-,32-,33+,34-,35-,36+,37-/m0/s1. The third-order valence-electron chi connectivity index (χ3n) is 12.7. The van der Waals surface area contributed by atoms with E-state index in [-0.39, 0.29) is 24.0 Å². The Morgan fingerprint density at radius 1 is 1.15 bits per heavy atom.